The summed E-state index contributed by atoms with van der Waals surface area (Å²) >= 11 is 0. The number of hydrogen-bond acceptors (Lipinski definition) is 2. The Hall–Kier alpha value is -2.04. The molecule has 0 bridgehead atoms. The van der Waals surface area contributed by atoms with Gasteiger partial charge in [0, 0.05) is 19.6 Å². The first-order valence-electron chi connectivity index (χ1n) is 6.78. The predicted octanol–water partition coefficient (Wildman–Crippen LogP) is 2.71. The largest absolute Gasteiger partial charge is 0.478 e. The van der Waals surface area contributed by atoms with Crippen LogP contribution in [-0.4, -0.2) is 35.1 Å². The van der Waals surface area contributed by atoms with Crippen molar-refractivity contribution in [2.45, 2.75) is 39.3 Å². The van der Waals surface area contributed by atoms with E-state index in [-0.39, 0.29) is 17.6 Å². The molecule has 0 heterocycles. The van der Waals surface area contributed by atoms with Gasteiger partial charge in [0.05, 0.1) is 5.56 Å². The number of benzene rings is 1. The van der Waals surface area contributed by atoms with Crippen molar-refractivity contribution in [1.29, 1.82) is 0 Å². The number of nitrogens with zero attached hydrogens (tertiary/aromatic N) is 1. The molecule has 5 nitrogen and oxygen atoms in total. The second-order valence-corrected chi connectivity index (χ2v) is 4.91. The molecule has 5 heteroatoms. The minimum Gasteiger partial charge on any atom is -0.478 e. The summed E-state index contributed by atoms with van der Waals surface area (Å²) in [6.07, 6.45) is 2.01. The van der Waals surface area contributed by atoms with E-state index >= 15 is 0 Å². The lowest BCUT2D eigenvalue weighted by Crippen LogP contribution is -2.42. The number of amides is 2. The van der Waals surface area contributed by atoms with Crippen molar-refractivity contribution >= 4 is 12.0 Å². The van der Waals surface area contributed by atoms with Crippen LogP contribution < -0.4 is 5.32 Å². The summed E-state index contributed by atoms with van der Waals surface area (Å²) in [5.74, 6) is -0.950. The Bertz CT molecular complexity index is 457. The molecule has 1 rings (SSSR count). The van der Waals surface area contributed by atoms with Crippen molar-refractivity contribution in [1.82, 2.24) is 10.2 Å². The van der Waals surface area contributed by atoms with Gasteiger partial charge in [-0.2, -0.15) is 0 Å². The van der Waals surface area contributed by atoms with Gasteiger partial charge in [-0.1, -0.05) is 25.5 Å². The Morgan fingerprint density at radius 1 is 1.30 bits per heavy atom. The van der Waals surface area contributed by atoms with Crippen LogP contribution in [0.2, 0.25) is 0 Å². The molecule has 0 aliphatic heterocycles. The molecule has 0 saturated carbocycles. The monoisotopic (exact) mass is 278 g/mol. The van der Waals surface area contributed by atoms with E-state index in [0.717, 1.165) is 18.4 Å². The quantitative estimate of drug-likeness (QED) is 0.840. The molecule has 1 aromatic carbocycles. The van der Waals surface area contributed by atoms with Gasteiger partial charge in [-0.15, -0.1) is 0 Å². The van der Waals surface area contributed by atoms with E-state index in [2.05, 4.69) is 12.2 Å². The molecule has 0 saturated heterocycles. The molecule has 0 fully saturated rings. The Kier molecular flexibility index (Phi) is 6.03. The van der Waals surface area contributed by atoms with Crippen LogP contribution in [0.5, 0.6) is 0 Å². The van der Waals surface area contributed by atoms with Gasteiger partial charge in [0.2, 0.25) is 0 Å². The number of nitrogens with one attached hydrogen (secondary N) is 1. The fourth-order valence-corrected chi connectivity index (χ4v) is 1.88. The minimum absolute atomic E-state index is 0.117. The van der Waals surface area contributed by atoms with E-state index < -0.39 is 5.97 Å². The number of aromatic carboxylic acids is 1. The normalized spacial score (nSPS) is 11.8. The van der Waals surface area contributed by atoms with Crippen molar-refractivity contribution in [3.63, 3.8) is 0 Å². The van der Waals surface area contributed by atoms with Crippen LogP contribution in [0.25, 0.3) is 0 Å². The molecule has 0 aliphatic carbocycles. The summed E-state index contributed by atoms with van der Waals surface area (Å²) in [7, 11) is 1.78. The SMILES string of the molecule is CCCC(C)N(C)C(=O)NCc1ccc(C(=O)O)cc1. The number of carboxylic acid groups (broad SMARTS) is 1. The molecule has 1 aromatic rings. The van der Waals surface area contributed by atoms with Crippen molar-refractivity contribution < 1.29 is 14.7 Å². The average molecular weight is 278 g/mol. The van der Waals surface area contributed by atoms with Crippen LogP contribution in [0.3, 0.4) is 0 Å². The van der Waals surface area contributed by atoms with Gasteiger partial charge in [-0.3, -0.25) is 0 Å². The molecule has 0 spiro atoms. The van der Waals surface area contributed by atoms with E-state index in [9.17, 15) is 9.59 Å². The molecule has 0 radical (unpaired) electrons. The van der Waals surface area contributed by atoms with Crippen LogP contribution in [0.1, 0.15) is 42.6 Å². The summed E-state index contributed by atoms with van der Waals surface area (Å²) < 4.78 is 0. The predicted molar refractivity (Wildman–Crippen MR) is 77.8 cm³/mol. The van der Waals surface area contributed by atoms with Crippen LogP contribution in [0, 0.1) is 0 Å². The first kappa shape index (κ1) is 16.0. The minimum atomic E-state index is -0.950. The smallest absolute Gasteiger partial charge is 0.335 e. The van der Waals surface area contributed by atoms with Gasteiger partial charge in [0.1, 0.15) is 0 Å². The fourth-order valence-electron chi connectivity index (χ4n) is 1.88. The zero-order valence-corrected chi connectivity index (χ0v) is 12.2. The van der Waals surface area contributed by atoms with Crippen LogP contribution in [-0.2, 0) is 6.54 Å². The molecule has 1 unspecified atom stereocenters. The van der Waals surface area contributed by atoms with E-state index in [1.165, 1.54) is 12.1 Å². The maximum atomic E-state index is 11.9. The Labute approximate surface area is 119 Å². The first-order chi connectivity index (χ1) is 9.45. The summed E-state index contributed by atoms with van der Waals surface area (Å²) in [4.78, 5) is 24.3. The molecule has 2 N–H and O–H groups in total. The van der Waals surface area contributed by atoms with Crippen molar-refractivity contribution in [3.05, 3.63) is 35.4 Å². The molecular weight excluding hydrogens is 256 g/mol. The van der Waals surface area contributed by atoms with E-state index in [1.54, 1.807) is 24.1 Å². The van der Waals surface area contributed by atoms with Gasteiger partial charge in [-0.25, -0.2) is 9.59 Å². The van der Waals surface area contributed by atoms with Gasteiger partial charge in [0.25, 0.3) is 0 Å². The molecule has 2 amide bonds. The highest BCUT2D eigenvalue weighted by Gasteiger charge is 2.14. The average Bonchev–Trinajstić information content (AvgIpc) is 2.44. The third kappa shape index (κ3) is 4.57. The van der Waals surface area contributed by atoms with E-state index in [0.29, 0.717) is 6.54 Å². The maximum Gasteiger partial charge on any atom is 0.335 e. The highest BCUT2D eigenvalue weighted by atomic mass is 16.4. The lowest BCUT2D eigenvalue weighted by Gasteiger charge is -2.24. The third-order valence-electron chi connectivity index (χ3n) is 3.33. The topological polar surface area (TPSA) is 69.6 Å². The van der Waals surface area contributed by atoms with Crippen molar-refractivity contribution in [2.75, 3.05) is 7.05 Å². The summed E-state index contributed by atoms with van der Waals surface area (Å²) in [6, 6.07) is 6.57. The molecule has 1 atom stereocenters. The first-order valence-corrected chi connectivity index (χ1v) is 6.78. The zero-order chi connectivity index (χ0) is 15.1. The number of carbonyl (C=O) groups excluding carboxylic acids is 1. The number of rotatable bonds is 6. The molecule has 0 aromatic heterocycles. The van der Waals surface area contributed by atoms with Crippen LogP contribution in [0.4, 0.5) is 4.79 Å². The van der Waals surface area contributed by atoms with Gasteiger partial charge in [0.15, 0.2) is 0 Å². The number of carbonyl (C=O) groups is 2. The Balaban J connectivity index is 2.50. The van der Waals surface area contributed by atoms with Crippen LogP contribution in [0.15, 0.2) is 24.3 Å². The van der Waals surface area contributed by atoms with Gasteiger partial charge in [-0.05, 0) is 31.0 Å². The maximum absolute atomic E-state index is 11.9. The zero-order valence-electron chi connectivity index (χ0n) is 12.2. The summed E-state index contributed by atoms with van der Waals surface area (Å²) in [5.41, 5.74) is 1.12. The summed E-state index contributed by atoms with van der Waals surface area (Å²) in [5, 5.41) is 11.6. The second-order valence-electron chi connectivity index (χ2n) is 4.91. The summed E-state index contributed by atoms with van der Waals surface area (Å²) in [6.45, 7) is 4.50. The molecule has 0 aliphatic rings. The third-order valence-corrected chi connectivity index (χ3v) is 3.33. The Morgan fingerprint density at radius 2 is 1.90 bits per heavy atom. The Morgan fingerprint density at radius 3 is 2.40 bits per heavy atom. The van der Waals surface area contributed by atoms with Crippen molar-refractivity contribution in [2.24, 2.45) is 0 Å². The molecule has 20 heavy (non-hydrogen) atoms. The lowest BCUT2D eigenvalue weighted by molar-refractivity contribution is 0.0697. The fraction of sp³-hybridized carbons (Fsp3) is 0.467. The van der Waals surface area contributed by atoms with Gasteiger partial charge < -0.3 is 15.3 Å². The second kappa shape index (κ2) is 7.53. The number of urea groups is 1. The number of hydrogen-bond donors (Lipinski definition) is 2. The highest BCUT2D eigenvalue weighted by molar-refractivity contribution is 5.87. The van der Waals surface area contributed by atoms with Crippen molar-refractivity contribution in [3.8, 4) is 0 Å². The van der Waals surface area contributed by atoms with E-state index in [4.69, 9.17) is 5.11 Å². The van der Waals surface area contributed by atoms with E-state index in [1.807, 2.05) is 6.92 Å². The molecular formula is C15H22N2O3. The lowest BCUT2D eigenvalue weighted by atomic mass is 10.1. The van der Waals surface area contributed by atoms with Crippen LogP contribution >= 0.6 is 0 Å². The van der Waals surface area contributed by atoms with Gasteiger partial charge >= 0.3 is 12.0 Å². The number of carboxylic acids is 1. The standard InChI is InChI=1S/C15H22N2O3/c1-4-5-11(2)17(3)15(20)16-10-12-6-8-13(9-7-12)14(18)19/h6-9,11H,4-5,10H2,1-3H3,(H,16,20)(H,18,19). The molecule has 110 valence electrons. The highest BCUT2D eigenvalue weighted by Crippen LogP contribution is 2.06.